The molecule has 148 valence electrons. The molecule has 1 saturated heterocycles. The fraction of sp³-hybridized carbons (Fsp3) is 0.692. The molecule has 2 rings (SSSR count). The van der Waals surface area contributed by atoms with Crippen molar-refractivity contribution in [3.63, 3.8) is 0 Å². The summed E-state index contributed by atoms with van der Waals surface area (Å²) in [6.07, 6.45) is -3.41. The van der Waals surface area contributed by atoms with E-state index < -0.39 is 44.2 Å². The molecule has 1 aliphatic rings. The van der Waals surface area contributed by atoms with Crippen molar-refractivity contribution in [3.05, 3.63) is 22.2 Å². The molecule has 0 aromatic carbocycles. The Morgan fingerprint density at radius 2 is 2.15 bits per heavy atom. The number of rotatable bonds is 7. The van der Waals surface area contributed by atoms with Gasteiger partial charge in [-0.25, -0.2) is 9.36 Å². The first kappa shape index (κ1) is 20.9. The first-order valence-corrected chi connectivity index (χ1v) is 9.14. The third-order valence-electron chi connectivity index (χ3n) is 4.16. The molecule has 0 unspecified atom stereocenters. The molecule has 6 N–H and O–H groups in total. The fourth-order valence-corrected chi connectivity index (χ4v) is 3.46. The van der Waals surface area contributed by atoms with E-state index in [1.807, 2.05) is 0 Å². The number of nitrogen functional groups attached to an aromatic ring is 1. The van der Waals surface area contributed by atoms with Crippen LogP contribution in [0.4, 0.5) is 5.82 Å². The van der Waals surface area contributed by atoms with Crippen molar-refractivity contribution in [1.29, 1.82) is 0 Å². The van der Waals surface area contributed by atoms with Crippen LogP contribution in [0.3, 0.4) is 0 Å². The number of nitrogens with two attached hydrogens (primary N) is 1. The van der Waals surface area contributed by atoms with Crippen molar-refractivity contribution < 1.29 is 38.6 Å². The number of methoxy groups -OCH3 is 1. The SMILES string of the molecule is COCC[C@@]1(n2cc(C)c(N)nc2=O)O[C@H](CO)[C@@H](OP(=O)(O)O)[C@H]1O. The number of anilines is 1. The molecule has 0 bridgehead atoms. The molecule has 1 aromatic heterocycles. The number of aromatic nitrogens is 2. The Balaban J connectivity index is 2.58. The number of aliphatic hydroxyl groups is 2. The van der Waals surface area contributed by atoms with E-state index in [-0.39, 0.29) is 18.8 Å². The van der Waals surface area contributed by atoms with E-state index in [1.54, 1.807) is 6.92 Å². The van der Waals surface area contributed by atoms with Crippen LogP contribution < -0.4 is 11.4 Å². The number of aryl methyl sites for hydroxylation is 1. The van der Waals surface area contributed by atoms with E-state index in [4.69, 9.17) is 25.0 Å². The van der Waals surface area contributed by atoms with Crippen LogP contribution in [-0.2, 0) is 24.3 Å². The number of phosphoric acid groups is 1. The Labute approximate surface area is 148 Å². The number of phosphoric ester groups is 1. The van der Waals surface area contributed by atoms with Gasteiger partial charge >= 0.3 is 13.5 Å². The van der Waals surface area contributed by atoms with Gasteiger partial charge in [0, 0.05) is 25.3 Å². The van der Waals surface area contributed by atoms with Gasteiger partial charge in [0.15, 0.2) is 5.72 Å². The standard InChI is InChI=1S/C13H22N3O9P/c1-7-5-16(12(19)15-11(7)14)13(3-4-23-2)10(18)9(8(6-17)24-13)25-26(20,21)22/h5,8-10,17-18H,3-4,6H2,1-2H3,(H2,14,15,19)(H2,20,21,22)/t8-,9-,10-,13-/m1/s1. The van der Waals surface area contributed by atoms with Crippen molar-refractivity contribution in [1.82, 2.24) is 9.55 Å². The number of hydrogen-bond acceptors (Lipinski definition) is 9. The summed E-state index contributed by atoms with van der Waals surface area (Å²) in [5, 5.41) is 20.3. The number of aliphatic hydroxyl groups excluding tert-OH is 2. The molecule has 0 amide bonds. The maximum Gasteiger partial charge on any atom is 0.470 e. The number of nitrogens with zero attached hydrogens (tertiary/aromatic N) is 2. The third-order valence-corrected chi connectivity index (χ3v) is 4.67. The number of hydrogen-bond donors (Lipinski definition) is 5. The Morgan fingerprint density at radius 1 is 1.50 bits per heavy atom. The Kier molecular flexibility index (Phi) is 6.20. The van der Waals surface area contributed by atoms with Crippen molar-refractivity contribution >= 4 is 13.6 Å². The summed E-state index contributed by atoms with van der Waals surface area (Å²) >= 11 is 0. The van der Waals surface area contributed by atoms with Crippen molar-refractivity contribution in [2.45, 2.75) is 37.4 Å². The van der Waals surface area contributed by atoms with Gasteiger partial charge in [0.2, 0.25) is 0 Å². The highest BCUT2D eigenvalue weighted by Gasteiger charge is 2.58. The Morgan fingerprint density at radius 3 is 2.69 bits per heavy atom. The summed E-state index contributed by atoms with van der Waals surface area (Å²) < 4.78 is 27.4. The van der Waals surface area contributed by atoms with Gasteiger partial charge in [-0.15, -0.1) is 0 Å². The van der Waals surface area contributed by atoms with Gasteiger partial charge in [0.25, 0.3) is 0 Å². The quantitative estimate of drug-likeness (QED) is 0.323. The van der Waals surface area contributed by atoms with Crippen LogP contribution in [0.25, 0.3) is 0 Å². The minimum absolute atomic E-state index is 0.0117. The van der Waals surface area contributed by atoms with E-state index in [0.29, 0.717) is 5.56 Å². The minimum Gasteiger partial charge on any atom is -0.394 e. The van der Waals surface area contributed by atoms with Crippen LogP contribution in [0.15, 0.2) is 11.0 Å². The second-order valence-electron chi connectivity index (χ2n) is 5.89. The molecule has 13 heteroatoms. The highest BCUT2D eigenvalue weighted by atomic mass is 31.2. The van der Waals surface area contributed by atoms with E-state index in [9.17, 15) is 19.6 Å². The smallest absolute Gasteiger partial charge is 0.394 e. The van der Waals surface area contributed by atoms with Crippen molar-refractivity contribution in [2.75, 3.05) is 26.1 Å². The second kappa shape index (κ2) is 7.71. The van der Waals surface area contributed by atoms with Crippen LogP contribution in [0.2, 0.25) is 0 Å². The van der Waals surface area contributed by atoms with E-state index >= 15 is 0 Å². The van der Waals surface area contributed by atoms with Crippen LogP contribution >= 0.6 is 7.82 Å². The molecule has 0 radical (unpaired) electrons. The molecule has 1 aliphatic heterocycles. The van der Waals surface area contributed by atoms with Gasteiger partial charge < -0.3 is 35.2 Å². The largest absolute Gasteiger partial charge is 0.470 e. The zero-order valence-corrected chi connectivity index (χ0v) is 15.1. The maximum atomic E-state index is 12.4. The molecular formula is C13H22N3O9P. The Bertz CT molecular complexity index is 751. The highest BCUT2D eigenvalue weighted by molar-refractivity contribution is 7.46. The summed E-state index contributed by atoms with van der Waals surface area (Å²) in [6, 6.07) is 0. The molecule has 0 aliphatic carbocycles. The van der Waals surface area contributed by atoms with Crippen LogP contribution in [0.5, 0.6) is 0 Å². The summed E-state index contributed by atoms with van der Waals surface area (Å²) in [7, 11) is -3.62. The fourth-order valence-electron chi connectivity index (χ4n) is 2.89. The topological polar surface area (TPSA) is 187 Å². The van der Waals surface area contributed by atoms with Crippen LogP contribution in [0, 0.1) is 6.92 Å². The van der Waals surface area contributed by atoms with E-state index in [0.717, 1.165) is 4.57 Å². The third kappa shape index (κ3) is 3.97. The molecule has 1 fully saturated rings. The van der Waals surface area contributed by atoms with E-state index in [1.165, 1.54) is 13.3 Å². The molecule has 0 saturated carbocycles. The van der Waals surface area contributed by atoms with Crippen LogP contribution in [-0.4, -0.2) is 68.2 Å². The zero-order valence-electron chi connectivity index (χ0n) is 14.2. The summed E-state index contributed by atoms with van der Waals surface area (Å²) in [5.41, 5.74) is 3.35. The predicted octanol–water partition coefficient (Wildman–Crippen LogP) is -1.95. The molecule has 2 heterocycles. The summed E-state index contributed by atoms with van der Waals surface area (Å²) in [4.78, 5) is 34.2. The average molecular weight is 395 g/mol. The lowest BCUT2D eigenvalue weighted by Crippen LogP contribution is -2.51. The monoisotopic (exact) mass is 395 g/mol. The lowest BCUT2D eigenvalue weighted by Gasteiger charge is -2.34. The normalized spacial score (nSPS) is 29.2. The summed E-state index contributed by atoms with van der Waals surface area (Å²) in [6.45, 7) is 0.886. The molecule has 26 heavy (non-hydrogen) atoms. The molecule has 4 atom stereocenters. The zero-order chi connectivity index (χ0) is 19.7. The predicted molar refractivity (Wildman–Crippen MR) is 87.0 cm³/mol. The number of ether oxygens (including phenoxy) is 2. The summed E-state index contributed by atoms with van der Waals surface area (Å²) in [5.74, 6) is -0.0117. The minimum atomic E-state index is -5.01. The van der Waals surface area contributed by atoms with Crippen molar-refractivity contribution in [3.8, 4) is 0 Å². The Hall–Kier alpha value is -1.37. The van der Waals surface area contributed by atoms with Crippen LogP contribution in [0.1, 0.15) is 12.0 Å². The van der Waals surface area contributed by atoms with Gasteiger partial charge in [-0.3, -0.25) is 9.09 Å². The lowest BCUT2D eigenvalue weighted by molar-refractivity contribution is -0.161. The van der Waals surface area contributed by atoms with Gasteiger partial charge in [0.1, 0.15) is 24.1 Å². The maximum absolute atomic E-state index is 12.4. The average Bonchev–Trinajstić information content (AvgIpc) is 2.81. The van der Waals surface area contributed by atoms with Gasteiger partial charge in [-0.05, 0) is 6.92 Å². The molecule has 1 aromatic rings. The highest BCUT2D eigenvalue weighted by Crippen LogP contribution is 2.46. The second-order valence-corrected chi connectivity index (χ2v) is 7.09. The first-order valence-electron chi connectivity index (χ1n) is 7.61. The lowest BCUT2D eigenvalue weighted by atomic mass is 9.99. The molecule has 12 nitrogen and oxygen atoms in total. The molecular weight excluding hydrogens is 373 g/mol. The van der Waals surface area contributed by atoms with Gasteiger partial charge in [0.05, 0.1) is 13.2 Å². The first-order chi connectivity index (χ1) is 12.1. The van der Waals surface area contributed by atoms with Gasteiger partial charge in [-0.1, -0.05) is 0 Å². The van der Waals surface area contributed by atoms with E-state index in [2.05, 4.69) is 9.51 Å². The van der Waals surface area contributed by atoms with Gasteiger partial charge in [-0.2, -0.15) is 4.98 Å². The molecule has 0 spiro atoms. The van der Waals surface area contributed by atoms with Crippen molar-refractivity contribution in [2.24, 2.45) is 0 Å².